The largest absolute Gasteiger partial charge is 0.478 e. The van der Waals surface area contributed by atoms with Crippen molar-refractivity contribution in [1.29, 1.82) is 0 Å². The zero-order valence-electron chi connectivity index (χ0n) is 7.15. The van der Waals surface area contributed by atoms with Gasteiger partial charge in [-0.1, -0.05) is 0 Å². The second kappa shape index (κ2) is 3.41. The molecule has 1 N–H and O–H groups in total. The van der Waals surface area contributed by atoms with Crippen molar-refractivity contribution < 1.29 is 19.2 Å². The quantitative estimate of drug-likeness (QED) is 0.581. The minimum atomic E-state index is -1.52. The van der Waals surface area contributed by atoms with Crippen LogP contribution in [-0.4, -0.2) is 16.0 Å². The first-order valence-corrected chi connectivity index (χ1v) is 3.61. The number of aromatic carboxylic acids is 1. The summed E-state index contributed by atoms with van der Waals surface area (Å²) in [6.45, 7) is 1.34. The summed E-state index contributed by atoms with van der Waals surface area (Å²) in [5.74, 6) is -2.49. The Morgan fingerprint density at radius 3 is 2.57 bits per heavy atom. The van der Waals surface area contributed by atoms with Gasteiger partial charge >= 0.3 is 5.97 Å². The van der Waals surface area contributed by atoms with Crippen LogP contribution in [0.2, 0.25) is 0 Å². The third-order valence-corrected chi connectivity index (χ3v) is 1.71. The minimum absolute atomic E-state index is 0.0949. The van der Waals surface area contributed by atoms with Crippen molar-refractivity contribution in [2.45, 2.75) is 6.92 Å². The Labute approximate surface area is 77.9 Å². The zero-order valence-corrected chi connectivity index (χ0v) is 7.15. The molecule has 0 radical (unpaired) electrons. The first-order valence-electron chi connectivity index (χ1n) is 3.61. The highest BCUT2D eigenvalue weighted by Crippen LogP contribution is 2.21. The van der Waals surface area contributed by atoms with E-state index in [0.717, 1.165) is 6.07 Å². The molecule has 74 valence electrons. The van der Waals surface area contributed by atoms with Gasteiger partial charge in [0.2, 0.25) is 0 Å². The molecule has 0 amide bonds. The molecule has 0 atom stereocenters. The van der Waals surface area contributed by atoms with Crippen LogP contribution in [-0.2, 0) is 0 Å². The van der Waals surface area contributed by atoms with E-state index in [9.17, 15) is 19.3 Å². The number of nitrogens with zero attached hydrogens (tertiary/aromatic N) is 1. The van der Waals surface area contributed by atoms with Crippen molar-refractivity contribution in [1.82, 2.24) is 0 Å². The van der Waals surface area contributed by atoms with Gasteiger partial charge in [0.15, 0.2) is 0 Å². The summed E-state index contributed by atoms with van der Waals surface area (Å²) >= 11 is 0. The minimum Gasteiger partial charge on any atom is -0.478 e. The number of aryl methyl sites for hydroxylation is 1. The number of hydrogen-bond acceptors (Lipinski definition) is 3. The third-order valence-electron chi connectivity index (χ3n) is 1.71. The molecule has 0 aliphatic carbocycles. The molecule has 1 aromatic rings. The number of carboxylic acid groups (broad SMARTS) is 1. The molecule has 0 spiro atoms. The average molecular weight is 199 g/mol. The van der Waals surface area contributed by atoms with Gasteiger partial charge in [-0.3, -0.25) is 10.1 Å². The van der Waals surface area contributed by atoms with Gasteiger partial charge < -0.3 is 5.11 Å². The molecule has 0 saturated heterocycles. The lowest BCUT2D eigenvalue weighted by molar-refractivity contribution is -0.385. The normalized spacial score (nSPS) is 9.86. The number of carbonyl (C=O) groups is 1. The average Bonchev–Trinajstić information content (AvgIpc) is 2.02. The van der Waals surface area contributed by atoms with Gasteiger partial charge in [0, 0.05) is 11.6 Å². The molecule has 0 bridgehead atoms. The number of nitro groups is 1. The van der Waals surface area contributed by atoms with E-state index in [1.165, 1.54) is 6.92 Å². The van der Waals surface area contributed by atoms with Gasteiger partial charge in [0.1, 0.15) is 11.4 Å². The predicted octanol–water partition coefficient (Wildman–Crippen LogP) is 1.74. The van der Waals surface area contributed by atoms with E-state index in [2.05, 4.69) is 0 Å². The maximum absolute atomic E-state index is 12.9. The van der Waals surface area contributed by atoms with Gasteiger partial charge in [-0.15, -0.1) is 0 Å². The summed E-state index contributed by atoms with van der Waals surface area (Å²) in [5.41, 5.74) is -0.997. The van der Waals surface area contributed by atoms with E-state index in [1.807, 2.05) is 0 Å². The van der Waals surface area contributed by atoms with Crippen LogP contribution in [0.3, 0.4) is 0 Å². The van der Waals surface area contributed by atoms with Crippen molar-refractivity contribution in [3.05, 3.63) is 39.2 Å². The van der Waals surface area contributed by atoms with Gasteiger partial charge in [-0.2, -0.15) is 0 Å². The topological polar surface area (TPSA) is 80.4 Å². The molecular formula is C8H6FNO4. The molecule has 1 aromatic carbocycles. The highest BCUT2D eigenvalue weighted by molar-refractivity contribution is 5.89. The fourth-order valence-corrected chi connectivity index (χ4v) is 1.02. The van der Waals surface area contributed by atoms with Gasteiger partial charge in [-0.05, 0) is 13.0 Å². The molecule has 0 aliphatic rings. The monoisotopic (exact) mass is 199 g/mol. The summed E-state index contributed by atoms with van der Waals surface area (Å²) in [5, 5.41) is 18.9. The lowest BCUT2D eigenvalue weighted by Gasteiger charge is -2.00. The van der Waals surface area contributed by atoms with E-state index in [0.29, 0.717) is 6.07 Å². The second-order valence-corrected chi connectivity index (χ2v) is 2.68. The van der Waals surface area contributed by atoms with Crippen LogP contribution in [0.1, 0.15) is 15.9 Å². The number of carboxylic acids is 1. The summed E-state index contributed by atoms with van der Waals surface area (Å²) in [7, 11) is 0. The van der Waals surface area contributed by atoms with Crippen LogP contribution in [0.5, 0.6) is 0 Å². The van der Waals surface area contributed by atoms with E-state index in [1.54, 1.807) is 0 Å². The smallest absolute Gasteiger partial charge is 0.338 e. The fourth-order valence-electron chi connectivity index (χ4n) is 1.02. The van der Waals surface area contributed by atoms with Crippen LogP contribution < -0.4 is 0 Å². The molecule has 0 unspecified atom stereocenters. The van der Waals surface area contributed by atoms with E-state index >= 15 is 0 Å². The Bertz CT molecular complexity index is 381. The molecular weight excluding hydrogens is 193 g/mol. The van der Waals surface area contributed by atoms with Crippen molar-refractivity contribution in [2.75, 3.05) is 0 Å². The van der Waals surface area contributed by atoms with Gasteiger partial charge in [0.05, 0.1) is 4.92 Å². The van der Waals surface area contributed by atoms with E-state index in [4.69, 9.17) is 5.11 Å². The maximum atomic E-state index is 12.9. The van der Waals surface area contributed by atoms with E-state index < -0.39 is 28.0 Å². The van der Waals surface area contributed by atoms with Crippen molar-refractivity contribution in [2.24, 2.45) is 0 Å². The third kappa shape index (κ3) is 1.68. The van der Waals surface area contributed by atoms with Crippen molar-refractivity contribution in [3.63, 3.8) is 0 Å². The Morgan fingerprint density at radius 2 is 2.14 bits per heavy atom. The number of benzene rings is 1. The summed E-state index contributed by atoms with van der Waals surface area (Å²) in [6, 6.07) is 1.55. The standard InChI is InChI=1S/C8H6FNO4/c1-4-2-6(9)5(8(11)12)3-7(4)10(13)14/h2-3H,1H3,(H,11,12). The second-order valence-electron chi connectivity index (χ2n) is 2.68. The van der Waals surface area contributed by atoms with Gasteiger partial charge in [-0.25, -0.2) is 9.18 Å². The summed E-state index contributed by atoms with van der Waals surface area (Å²) in [6.07, 6.45) is 0. The molecule has 0 fully saturated rings. The predicted molar refractivity (Wildman–Crippen MR) is 44.8 cm³/mol. The molecule has 0 saturated carbocycles. The molecule has 14 heavy (non-hydrogen) atoms. The SMILES string of the molecule is Cc1cc(F)c(C(=O)O)cc1[N+](=O)[O-]. The Hall–Kier alpha value is -1.98. The zero-order chi connectivity index (χ0) is 10.9. The summed E-state index contributed by atoms with van der Waals surface area (Å²) in [4.78, 5) is 20.1. The molecule has 0 aromatic heterocycles. The first-order chi connectivity index (χ1) is 6.43. The summed E-state index contributed by atoms with van der Waals surface area (Å²) < 4.78 is 12.9. The highest BCUT2D eigenvalue weighted by Gasteiger charge is 2.19. The first kappa shape index (κ1) is 10.1. The number of halogens is 1. The number of rotatable bonds is 2. The van der Waals surface area contributed by atoms with E-state index in [-0.39, 0.29) is 5.56 Å². The lowest BCUT2D eigenvalue weighted by Crippen LogP contribution is -2.03. The maximum Gasteiger partial charge on any atom is 0.338 e. The van der Waals surface area contributed by atoms with Crippen LogP contribution in [0.4, 0.5) is 10.1 Å². The Kier molecular flexibility index (Phi) is 2.46. The van der Waals surface area contributed by atoms with Crippen LogP contribution in [0.15, 0.2) is 12.1 Å². The molecule has 0 aliphatic heterocycles. The Morgan fingerprint density at radius 1 is 1.57 bits per heavy atom. The fraction of sp³-hybridized carbons (Fsp3) is 0.125. The molecule has 5 nitrogen and oxygen atoms in total. The van der Waals surface area contributed by atoms with Crippen molar-refractivity contribution in [3.8, 4) is 0 Å². The molecule has 1 rings (SSSR count). The Balaban J connectivity index is 3.42. The lowest BCUT2D eigenvalue weighted by atomic mass is 10.1. The number of nitro benzene ring substituents is 1. The molecule has 0 heterocycles. The number of hydrogen-bond donors (Lipinski definition) is 1. The van der Waals surface area contributed by atoms with Crippen LogP contribution in [0.25, 0.3) is 0 Å². The van der Waals surface area contributed by atoms with Crippen LogP contribution in [0, 0.1) is 22.9 Å². The van der Waals surface area contributed by atoms with Crippen molar-refractivity contribution >= 4 is 11.7 Å². The highest BCUT2D eigenvalue weighted by atomic mass is 19.1. The van der Waals surface area contributed by atoms with Crippen LogP contribution >= 0.6 is 0 Å². The van der Waals surface area contributed by atoms with Gasteiger partial charge in [0.25, 0.3) is 5.69 Å². The molecule has 6 heteroatoms.